The molecule has 0 radical (unpaired) electrons. The predicted molar refractivity (Wildman–Crippen MR) is 70.5 cm³/mol. The Hall–Kier alpha value is -1.42. The van der Waals surface area contributed by atoms with Gasteiger partial charge in [-0.1, -0.05) is 32.4 Å². The number of carbonyl (C=O) groups is 1. The summed E-state index contributed by atoms with van der Waals surface area (Å²) in [6.45, 7) is 4.44. The van der Waals surface area contributed by atoms with Crippen LogP contribution in [0, 0.1) is 11.7 Å². The van der Waals surface area contributed by atoms with Crippen molar-refractivity contribution in [3.8, 4) is 0 Å². The molecule has 0 saturated heterocycles. The Labute approximate surface area is 108 Å². The van der Waals surface area contributed by atoms with Crippen molar-refractivity contribution in [1.82, 2.24) is 5.32 Å². The Morgan fingerprint density at radius 3 is 2.83 bits per heavy atom. The van der Waals surface area contributed by atoms with E-state index in [1.54, 1.807) is 6.07 Å². The summed E-state index contributed by atoms with van der Waals surface area (Å²) in [5, 5.41) is 2.78. The normalized spacial score (nSPS) is 14.0. The quantitative estimate of drug-likeness (QED) is 0.812. The van der Waals surface area contributed by atoms with Gasteiger partial charge in [-0.15, -0.1) is 0 Å². The molecule has 3 N–H and O–H groups in total. The van der Waals surface area contributed by atoms with Gasteiger partial charge in [0, 0.05) is 6.54 Å². The second-order valence-corrected chi connectivity index (χ2v) is 4.58. The molecule has 1 aromatic rings. The zero-order valence-electron chi connectivity index (χ0n) is 10.9. The summed E-state index contributed by atoms with van der Waals surface area (Å²) in [4.78, 5) is 11.7. The second kappa shape index (κ2) is 7.11. The maximum Gasteiger partial charge on any atom is 0.237 e. The first-order valence-electron chi connectivity index (χ1n) is 6.32. The minimum atomic E-state index is -0.470. The van der Waals surface area contributed by atoms with E-state index < -0.39 is 6.04 Å². The van der Waals surface area contributed by atoms with Crippen molar-refractivity contribution in [3.63, 3.8) is 0 Å². The molecule has 1 aromatic carbocycles. The Balaban J connectivity index is 2.36. The van der Waals surface area contributed by atoms with Gasteiger partial charge in [0.05, 0.1) is 6.04 Å². The van der Waals surface area contributed by atoms with Crippen LogP contribution in [0.3, 0.4) is 0 Å². The van der Waals surface area contributed by atoms with E-state index in [4.69, 9.17) is 5.73 Å². The summed E-state index contributed by atoms with van der Waals surface area (Å²) >= 11 is 0. The van der Waals surface area contributed by atoms with Gasteiger partial charge < -0.3 is 11.1 Å². The third-order valence-corrected chi connectivity index (χ3v) is 3.16. The van der Waals surface area contributed by atoms with Crippen molar-refractivity contribution >= 4 is 5.91 Å². The zero-order chi connectivity index (χ0) is 13.5. The summed E-state index contributed by atoms with van der Waals surface area (Å²) in [6.07, 6.45) is 1.48. The maximum atomic E-state index is 12.9. The van der Waals surface area contributed by atoms with Crippen LogP contribution in [0.1, 0.15) is 25.8 Å². The molecule has 0 aliphatic heterocycles. The smallest absolute Gasteiger partial charge is 0.237 e. The molecule has 0 fully saturated rings. The van der Waals surface area contributed by atoms with Crippen molar-refractivity contribution in [2.45, 2.75) is 32.7 Å². The van der Waals surface area contributed by atoms with Gasteiger partial charge >= 0.3 is 0 Å². The number of carbonyl (C=O) groups excluding carboxylic acids is 1. The lowest BCUT2D eigenvalue weighted by Gasteiger charge is -2.17. The predicted octanol–water partition coefficient (Wildman–Crippen LogP) is 1.86. The standard InChI is InChI=1S/C14H21FN2O/c1-3-10(2)13(16)14(18)17-8-7-11-5-4-6-12(15)9-11/h4-6,9-10,13H,3,7-8,16H2,1-2H3,(H,17,18)/t10?,13-/m0/s1. The summed E-state index contributed by atoms with van der Waals surface area (Å²) in [6, 6.07) is 5.91. The van der Waals surface area contributed by atoms with E-state index in [1.807, 2.05) is 19.9 Å². The van der Waals surface area contributed by atoms with Gasteiger partial charge in [-0.25, -0.2) is 4.39 Å². The minimum absolute atomic E-state index is 0.138. The third-order valence-electron chi connectivity index (χ3n) is 3.16. The van der Waals surface area contributed by atoms with Gasteiger partial charge in [0.25, 0.3) is 0 Å². The fraction of sp³-hybridized carbons (Fsp3) is 0.500. The summed E-state index contributed by atoms with van der Waals surface area (Å²) in [7, 11) is 0. The molecule has 0 aliphatic carbocycles. The van der Waals surface area contributed by atoms with Crippen molar-refractivity contribution in [3.05, 3.63) is 35.6 Å². The lowest BCUT2D eigenvalue weighted by atomic mass is 9.99. The van der Waals surface area contributed by atoms with Crippen molar-refractivity contribution in [2.75, 3.05) is 6.54 Å². The summed E-state index contributed by atoms with van der Waals surface area (Å²) < 4.78 is 12.9. The molecule has 0 spiro atoms. The first-order valence-corrected chi connectivity index (χ1v) is 6.32. The van der Waals surface area contributed by atoms with E-state index in [2.05, 4.69) is 5.32 Å². The van der Waals surface area contributed by atoms with E-state index in [1.165, 1.54) is 12.1 Å². The van der Waals surface area contributed by atoms with Crippen LogP contribution in [-0.2, 0) is 11.2 Å². The average Bonchev–Trinajstić information content (AvgIpc) is 2.36. The maximum absolute atomic E-state index is 12.9. The average molecular weight is 252 g/mol. The summed E-state index contributed by atoms with van der Waals surface area (Å²) in [5.74, 6) is -0.227. The lowest BCUT2D eigenvalue weighted by Crippen LogP contribution is -2.45. The van der Waals surface area contributed by atoms with E-state index >= 15 is 0 Å². The minimum Gasteiger partial charge on any atom is -0.354 e. The second-order valence-electron chi connectivity index (χ2n) is 4.58. The van der Waals surface area contributed by atoms with Crippen LogP contribution in [0.25, 0.3) is 0 Å². The number of hydrogen-bond donors (Lipinski definition) is 2. The van der Waals surface area contributed by atoms with E-state index in [0.29, 0.717) is 13.0 Å². The van der Waals surface area contributed by atoms with Gasteiger partial charge in [0.1, 0.15) is 5.82 Å². The number of hydrogen-bond acceptors (Lipinski definition) is 2. The van der Waals surface area contributed by atoms with Crippen LogP contribution in [0.5, 0.6) is 0 Å². The van der Waals surface area contributed by atoms with E-state index in [-0.39, 0.29) is 17.6 Å². The van der Waals surface area contributed by atoms with E-state index in [0.717, 1.165) is 12.0 Å². The van der Waals surface area contributed by atoms with Crippen molar-refractivity contribution in [2.24, 2.45) is 11.7 Å². The van der Waals surface area contributed by atoms with Crippen LogP contribution in [0.4, 0.5) is 4.39 Å². The fourth-order valence-electron chi connectivity index (χ4n) is 1.65. The molecule has 0 heterocycles. The highest BCUT2D eigenvalue weighted by atomic mass is 19.1. The fourth-order valence-corrected chi connectivity index (χ4v) is 1.65. The van der Waals surface area contributed by atoms with Crippen LogP contribution < -0.4 is 11.1 Å². The molecule has 100 valence electrons. The number of nitrogens with two attached hydrogens (primary N) is 1. The molecule has 0 aliphatic rings. The largest absolute Gasteiger partial charge is 0.354 e. The Morgan fingerprint density at radius 1 is 1.50 bits per heavy atom. The van der Waals surface area contributed by atoms with Crippen LogP contribution in [0.15, 0.2) is 24.3 Å². The molecule has 1 amide bonds. The molecular formula is C14H21FN2O. The first kappa shape index (κ1) is 14.6. The van der Waals surface area contributed by atoms with Gasteiger partial charge in [-0.05, 0) is 30.0 Å². The monoisotopic (exact) mass is 252 g/mol. The molecule has 1 unspecified atom stereocenters. The first-order chi connectivity index (χ1) is 8.54. The Morgan fingerprint density at radius 2 is 2.22 bits per heavy atom. The summed E-state index contributed by atoms with van der Waals surface area (Å²) in [5.41, 5.74) is 6.67. The van der Waals surface area contributed by atoms with Crippen LogP contribution >= 0.6 is 0 Å². The van der Waals surface area contributed by atoms with Gasteiger partial charge in [-0.3, -0.25) is 4.79 Å². The number of rotatable bonds is 6. The Kier molecular flexibility index (Phi) is 5.78. The highest BCUT2D eigenvalue weighted by Crippen LogP contribution is 2.06. The third kappa shape index (κ3) is 4.45. The van der Waals surface area contributed by atoms with Crippen molar-refractivity contribution < 1.29 is 9.18 Å². The molecular weight excluding hydrogens is 231 g/mol. The molecule has 3 nitrogen and oxygen atoms in total. The molecule has 0 aromatic heterocycles. The zero-order valence-corrected chi connectivity index (χ0v) is 10.9. The van der Waals surface area contributed by atoms with Gasteiger partial charge in [-0.2, -0.15) is 0 Å². The molecule has 0 saturated carbocycles. The van der Waals surface area contributed by atoms with Crippen molar-refractivity contribution in [1.29, 1.82) is 0 Å². The molecule has 0 bridgehead atoms. The van der Waals surface area contributed by atoms with Gasteiger partial charge in [0.15, 0.2) is 0 Å². The number of benzene rings is 1. The van der Waals surface area contributed by atoms with Crippen LogP contribution in [0.2, 0.25) is 0 Å². The Bertz CT molecular complexity index is 395. The molecule has 1 rings (SSSR count). The highest BCUT2D eigenvalue weighted by molar-refractivity contribution is 5.81. The number of amides is 1. The molecule has 18 heavy (non-hydrogen) atoms. The SMILES string of the molecule is CCC(C)[C@H](N)C(=O)NCCc1cccc(F)c1. The lowest BCUT2D eigenvalue weighted by molar-refractivity contribution is -0.123. The highest BCUT2D eigenvalue weighted by Gasteiger charge is 2.18. The molecule has 4 heteroatoms. The number of halogens is 1. The number of nitrogens with one attached hydrogen (secondary N) is 1. The van der Waals surface area contributed by atoms with Crippen LogP contribution in [-0.4, -0.2) is 18.5 Å². The molecule has 2 atom stereocenters. The van der Waals surface area contributed by atoms with Gasteiger partial charge in [0.2, 0.25) is 5.91 Å². The topological polar surface area (TPSA) is 55.1 Å². The van der Waals surface area contributed by atoms with E-state index in [9.17, 15) is 9.18 Å².